The predicted molar refractivity (Wildman–Crippen MR) is 506 cm³/mol. The zero-order valence-electron chi connectivity index (χ0n) is 67.4. The quantitative estimate of drug-likeness (QED) is 0.00682. The number of nitrogens with zero attached hydrogens (tertiary/aromatic N) is 18. The van der Waals surface area contributed by atoms with Gasteiger partial charge in [0.2, 0.25) is 0 Å². The fourth-order valence-corrected chi connectivity index (χ4v) is 10.8. The number of nitrogens with one attached hydrogen (secondary N) is 8. The van der Waals surface area contributed by atoms with E-state index in [1.807, 2.05) is 231 Å². The van der Waals surface area contributed by atoms with Crippen LogP contribution in [0.1, 0.15) is 125 Å². The van der Waals surface area contributed by atoms with Gasteiger partial charge in [-0.05, 0) is 145 Å². The number of pyridine rings is 2. The van der Waals surface area contributed by atoms with Crippen molar-refractivity contribution in [3.63, 3.8) is 0 Å². The first-order valence-corrected chi connectivity index (χ1v) is 40.5. The maximum atomic E-state index is 5.23. The van der Waals surface area contributed by atoms with E-state index < -0.39 is 0 Å². The number of hydrogen-bond donors (Lipinski definition) is 8. The second-order valence-corrected chi connectivity index (χ2v) is 26.2. The Balaban J connectivity index is 0.000000792. The molecule has 644 valence electrons. The first-order valence-electron chi connectivity index (χ1n) is 37.2. The minimum atomic E-state index is 0. The van der Waals surface area contributed by atoms with Crippen molar-refractivity contribution in [1.29, 1.82) is 0 Å². The number of benzene rings is 6. The van der Waals surface area contributed by atoms with Gasteiger partial charge in [0.25, 0.3) is 0 Å². The number of aryl methyl sites for hydroxylation is 2. The Bertz CT molecular complexity index is 4350. The molecule has 2 aromatic heterocycles. The number of amidine groups is 8. The van der Waals surface area contributed by atoms with E-state index in [2.05, 4.69) is 172 Å². The van der Waals surface area contributed by atoms with E-state index in [9.17, 15) is 0 Å². The normalized spacial score (nSPS) is 12.9. The maximum absolute atomic E-state index is 5.23. The summed E-state index contributed by atoms with van der Waals surface area (Å²) in [6, 6.07) is 64.0. The molecule has 38 heteroatoms. The number of rotatable bonds is 30. The van der Waals surface area contributed by atoms with Gasteiger partial charge in [0.1, 0.15) is 45.7 Å². The molecule has 8 rings (SSSR count). The van der Waals surface area contributed by atoms with E-state index in [1.54, 1.807) is 18.6 Å². The second kappa shape index (κ2) is 65.4. The van der Waals surface area contributed by atoms with Crippen LogP contribution in [-0.2, 0) is 182 Å². The summed E-state index contributed by atoms with van der Waals surface area (Å²) in [4.78, 5) is 8.56. The van der Waals surface area contributed by atoms with Crippen LogP contribution in [0, 0.1) is 0 Å². The first kappa shape index (κ1) is 109. The number of hydrogen-bond acceptors (Lipinski definition) is 26. The minimum absolute atomic E-state index is 0. The SMILES string of the molecule is CCNC([S-])=NN=C(C(=NN=C([S-])NCC)c1ccc(CC)cc1)c1ccccc1.CCNC([S-])=NN=C(C(=NN=C([S-])NCC)c1ccc(CC)cc1)c1ccccc1.CCNC([S-])=NN=C(C(=NN=C([S-])NCC)c1ccccn1)c1ccccc1.CCNC([S-])=NN=C(C(=NN=C([S-])NCC)c1cccnc1)c1ccccc1.[Cu+2].[Cu+2].[Cu+2].[Cu+2]. The molecular formula is C82H94Cu4N26S8. The molecule has 0 aliphatic rings. The van der Waals surface area contributed by atoms with Crippen LogP contribution in [0.5, 0.6) is 0 Å². The Labute approximate surface area is 792 Å². The zero-order valence-corrected chi connectivity index (χ0v) is 77.7. The number of aromatic nitrogens is 2. The molecule has 0 atom stereocenters. The van der Waals surface area contributed by atoms with Gasteiger partial charge < -0.3 is 144 Å². The van der Waals surface area contributed by atoms with Crippen LogP contribution in [0.15, 0.2) is 300 Å². The fraction of sp³-hybridized carbons (Fsp3) is 0.244. The van der Waals surface area contributed by atoms with E-state index in [1.165, 1.54) is 11.1 Å². The molecule has 26 nitrogen and oxygen atoms in total. The van der Waals surface area contributed by atoms with Crippen molar-refractivity contribution in [2.45, 2.75) is 82.1 Å². The molecule has 0 fully saturated rings. The molecule has 120 heavy (non-hydrogen) atoms. The van der Waals surface area contributed by atoms with Gasteiger partial charge in [-0.25, -0.2) is 0 Å². The summed E-state index contributed by atoms with van der Waals surface area (Å²) in [5.74, 6) is 0. The van der Waals surface area contributed by atoms with Crippen LogP contribution >= 0.6 is 0 Å². The molecule has 0 aliphatic carbocycles. The standard InChI is InChI=1S/2C22H28N6S2.2C19H23N7S2.4Cu/c2*1-4-16-12-14-18(15-13-16)20(26-28-22(30)24-6-3)19(17-10-8-7-9-11-17)25-27-21(29)23-5-2;1-3-20-18(27)25-23-16(14-10-6-5-7-11-14)17(15-12-8-9-13-22-15)24-26-19(28)21-4-2;1-3-21-18(27)25-23-16(14-9-6-5-7-10-14)17(15-11-8-12-20-13-15)24-26-19(28)22-4-2;;;;/h2*7-15H,4-6H2,1-3H3,(H2,23,27,29)(H2,24,28,30);5-13H,3-4H2,1-2H3,(H2,20,25,27)(H2,21,26,28);5-13H,3-4H2,1-2H3,(H2,21,25,27)(H2,22,26,28);;;;/q;;;;4*+2/p-8. The Morgan fingerprint density at radius 3 is 0.642 bits per heavy atom. The third kappa shape index (κ3) is 41.2. The molecule has 0 saturated heterocycles. The largest absolute Gasteiger partial charge is 2.00 e. The van der Waals surface area contributed by atoms with Crippen molar-refractivity contribution < 1.29 is 68.3 Å². The van der Waals surface area contributed by atoms with Gasteiger partial charge in [0.15, 0.2) is 0 Å². The van der Waals surface area contributed by atoms with Gasteiger partial charge in [-0.1, -0.05) is 190 Å². The van der Waals surface area contributed by atoms with Crippen molar-refractivity contribution >= 4 is 188 Å². The average Bonchev–Trinajstić information content (AvgIpc) is 0.862. The molecule has 0 unspecified atom stereocenters. The molecule has 0 spiro atoms. The summed E-state index contributed by atoms with van der Waals surface area (Å²) in [5, 5.41) is 94.4. The molecule has 8 N–H and O–H groups in total. The Kier molecular flexibility index (Phi) is 59.2. The fourth-order valence-electron chi connectivity index (χ4n) is 9.35. The summed E-state index contributed by atoms with van der Waals surface area (Å²) in [7, 11) is 0. The van der Waals surface area contributed by atoms with Crippen molar-refractivity contribution in [3.8, 4) is 0 Å². The van der Waals surface area contributed by atoms with Crippen LogP contribution in [-0.4, -0.2) is 149 Å². The molecular weight excluding hydrogens is 1860 g/mol. The van der Waals surface area contributed by atoms with E-state index in [4.69, 9.17) is 101 Å². The summed E-state index contributed by atoms with van der Waals surface area (Å²) >= 11 is 41.6. The average molecular weight is 1950 g/mol. The van der Waals surface area contributed by atoms with E-state index in [0.717, 1.165) is 51.8 Å². The van der Waals surface area contributed by atoms with Gasteiger partial charge in [-0.2, -0.15) is 40.8 Å². The van der Waals surface area contributed by atoms with Gasteiger partial charge in [0.05, 0.1) is 5.69 Å². The molecule has 0 saturated carbocycles. The minimum Gasteiger partial charge on any atom is -0.741 e. The smallest absolute Gasteiger partial charge is 0.741 e. The van der Waals surface area contributed by atoms with Crippen LogP contribution in [0.3, 0.4) is 0 Å². The third-order valence-electron chi connectivity index (χ3n) is 14.8. The summed E-state index contributed by atoms with van der Waals surface area (Å²) in [6.07, 6.45) is 6.95. The molecule has 8 aromatic rings. The summed E-state index contributed by atoms with van der Waals surface area (Å²) in [5.41, 5.74) is 13.0. The Morgan fingerprint density at radius 1 is 0.225 bits per heavy atom. The monoisotopic (exact) mass is 1950 g/mol. The van der Waals surface area contributed by atoms with Crippen LogP contribution in [0.4, 0.5) is 0 Å². The van der Waals surface area contributed by atoms with Crippen LogP contribution in [0.2, 0.25) is 0 Å². The molecule has 6 aromatic carbocycles. The third-order valence-corrected chi connectivity index (χ3v) is 16.6. The molecule has 0 aliphatic heterocycles. The Morgan fingerprint density at radius 2 is 0.433 bits per heavy atom. The van der Waals surface area contributed by atoms with Crippen molar-refractivity contribution in [3.05, 3.63) is 275 Å². The Hall–Kier alpha value is -9.42. The van der Waals surface area contributed by atoms with E-state index >= 15 is 0 Å². The van der Waals surface area contributed by atoms with Gasteiger partial charge in [-0.3, -0.25) is 9.97 Å². The molecule has 2 heterocycles. The predicted octanol–water partition coefficient (Wildman–Crippen LogP) is 11.2. The first-order chi connectivity index (χ1) is 56.5. The molecule has 4 radical (unpaired) electrons. The van der Waals surface area contributed by atoms with Crippen molar-refractivity contribution in [1.82, 2.24) is 52.5 Å². The zero-order chi connectivity index (χ0) is 83.9. The molecule has 0 bridgehead atoms. The van der Waals surface area contributed by atoms with Gasteiger partial charge >= 0.3 is 68.3 Å². The van der Waals surface area contributed by atoms with Crippen molar-refractivity contribution in [2.75, 3.05) is 52.4 Å². The summed E-state index contributed by atoms with van der Waals surface area (Å²) < 4.78 is 0. The van der Waals surface area contributed by atoms with E-state index in [-0.39, 0.29) is 83.8 Å². The maximum Gasteiger partial charge on any atom is 2.00 e. The second-order valence-electron chi connectivity index (χ2n) is 23.1. The topological polar surface area (TPSA) is 320 Å². The van der Waals surface area contributed by atoms with Gasteiger partial charge in [0, 0.05) is 110 Å². The molecule has 0 amide bonds. The summed E-state index contributed by atoms with van der Waals surface area (Å²) in [6.45, 7) is 25.1. The van der Waals surface area contributed by atoms with E-state index in [0.29, 0.717) is 130 Å². The van der Waals surface area contributed by atoms with Crippen LogP contribution in [0.25, 0.3) is 0 Å². The van der Waals surface area contributed by atoms with Crippen molar-refractivity contribution in [2.24, 2.45) is 81.6 Å². The van der Waals surface area contributed by atoms with Gasteiger partial charge in [-0.15, -0.1) is 40.8 Å². The van der Waals surface area contributed by atoms with Crippen LogP contribution < -0.4 is 42.5 Å².